The van der Waals surface area contributed by atoms with E-state index in [-0.39, 0.29) is 0 Å². The largest absolute Gasteiger partial charge is 0.314 e. The second-order valence-electron chi connectivity index (χ2n) is 5.02. The van der Waals surface area contributed by atoms with Crippen LogP contribution in [0.5, 0.6) is 0 Å². The molecule has 0 aliphatic rings. The lowest BCUT2D eigenvalue weighted by atomic mass is 10.2. The molecule has 4 heteroatoms. The summed E-state index contributed by atoms with van der Waals surface area (Å²) >= 11 is 3.57. The van der Waals surface area contributed by atoms with E-state index in [9.17, 15) is 0 Å². The van der Waals surface area contributed by atoms with Gasteiger partial charge in [-0.15, -0.1) is 11.3 Å². The first-order valence-electron chi connectivity index (χ1n) is 6.90. The first-order valence-corrected chi connectivity index (χ1v) is 8.66. The molecule has 3 aromatic rings. The number of hydrogen-bond acceptors (Lipinski definition) is 4. The molecule has 1 N–H and O–H groups in total. The van der Waals surface area contributed by atoms with Crippen LogP contribution < -0.4 is 5.32 Å². The Morgan fingerprint density at radius 2 is 2.15 bits per heavy atom. The standard InChI is InChI=1S/C16H18N2S2/c1-12(17-8-6-13-7-9-19-11-13)10-16-18-14-4-2-3-5-15(14)20-16/h2-5,7,9,11-12,17H,6,8,10H2,1H3. The van der Waals surface area contributed by atoms with Crippen molar-refractivity contribution in [3.05, 3.63) is 51.7 Å². The topological polar surface area (TPSA) is 24.9 Å². The number of fused-ring (bicyclic) bond motifs is 1. The maximum atomic E-state index is 4.69. The van der Waals surface area contributed by atoms with Crippen LogP contribution in [-0.4, -0.2) is 17.6 Å². The first-order chi connectivity index (χ1) is 9.81. The van der Waals surface area contributed by atoms with Crippen LogP contribution in [0.15, 0.2) is 41.1 Å². The van der Waals surface area contributed by atoms with E-state index in [1.54, 1.807) is 11.3 Å². The Balaban J connectivity index is 1.51. The maximum Gasteiger partial charge on any atom is 0.0954 e. The van der Waals surface area contributed by atoms with Gasteiger partial charge in [-0.1, -0.05) is 12.1 Å². The van der Waals surface area contributed by atoms with Gasteiger partial charge in [0, 0.05) is 12.5 Å². The van der Waals surface area contributed by atoms with Crippen molar-refractivity contribution in [2.75, 3.05) is 6.54 Å². The molecule has 0 saturated carbocycles. The summed E-state index contributed by atoms with van der Waals surface area (Å²) in [5.74, 6) is 0. The highest BCUT2D eigenvalue weighted by atomic mass is 32.1. The molecule has 2 aromatic heterocycles. The number of thiophene rings is 1. The van der Waals surface area contributed by atoms with E-state index in [2.05, 4.69) is 47.3 Å². The quantitative estimate of drug-likeness (QED) is 0.741. The summed E-state index contributed by atoms with van der Waals surface area (Å²) in [5.41, 5.74) is 2.55. The van der Waals surface area contributed by atoms with Crippen LogP contribution in [-0.2, 0) is 12.8 Å². The third kappa shape index (κ3) is 3.45. The predicted molar refractivity (Wildman–Crippen MR) is 88.8 cm³/mol. The Labute approximate surface area is 127 Å². The van der Waals surface area contributed by atoms with Crippen molar-refractivity contribution in [1.82, 2.24) is 10.3 Å². The van der Waals surface area contributed by atoms with Crippen molar-refractivity contribution < 1.29 is 0 Å². The van der Waals surface area contributed by atoms with E-state index >= 15 is 0 Å². The van der Waals surface area contributed by atoms with Crippen molar-refractivity contribution in [2.45, 2.75) is 25.8 Å². The van der Waals surface area contributed by atoms with Gasteiger partial charge < -0.3 is 5.32 Å². The first kappa shape index (κ1) is 13.7. The summed E-state index contributed by atoms with van der Waals surface area (Å²) in [5, 5.41) is 9.17. The molecule has 0 amide bonds. The Kier molecular flexibility index (Phi) is 4.45. The molecular weight excluding hydrogens is 284 g/mol. The van der Waals surface area contributed by atoms with Gasteiger partial charge >= 0.3 is 0 Å². The van der Waals surface area contributed by atoms with Gasteiger partial charge in [0.1, 0.15) is 0 Å². The number of para-hydroxylation sites is 1. The number of aromatic nitrogens is 1. The highest BCUT2D eigenvalue weighted by Gasteiger charge is 2.08. The Morgan fingerprint density at radius 1 is 1.25 bits per heavy atom. The van der Waals surface area contributed by atoms with Crippen LogP contribution in [0.4, 0.5) is 0 Å². The molecule has 0 radical (unpaired) electrons. The summed E-state index contributed by atoms with van der Waals surface area (Å²) in [6.07, 6.45) is 2.11. The zero-order chi connectivity index (χ0) is 13.8. The summed E-state index contributed by atoms with van der Waals surface area (Å²) < 4.78 is 1.29. The average Bonchev–Trinajstić information content (AvgIpc) is 3.06. The monoisotopic (exact) mass is 302 g/mol. The molecule has 0 aliphatic carbocycles. The van der Waals surface area contributed by atoms with Crippen LogP contribution in [0.3, 0.4) is 0 Å². The number of rotatable bonds is 6. The molecule has 0 fully saturated rings. The Bertz CT molecular complexity index is 625. The van der Waals surface area contributed by atoms with Crippen molar-refractivity contribution in [3.8, 4) is 0 Å². The normalized spacial score (nSPS) is 12.8. The molecule has 3 rings (SSSR count). The molecule has 2 heterocycles. The number of nitrogens with zero attached hydrogens (tertiary/aromatic N) is 1. The molecule has 1 aromatic carbocycles. The van der Waals surface area contributed by atoms with Crippen LogP contribution in [0.1, 0.15) is 17.5 Å². The van der Waals surface area contributed by atoms with E-state index in [0.29, 0.717) is 6.04 Å². The van der Waals surface area contributed by atoms with Crippen LogP contribution >= 0.6 is 22.7 Å². The van der Waals surface area contributed by atoms with Crippen molar-refractivity contribution in [2.24, 2.45) is 0 Å². The molecule has 0 spiro atoms. The van der Waals surface area contributed by atoms with Crippen LogP contribution in [0.2, 0.25) is 0 Å². The second kappa shape index (κ2) is 6.48. The molecule has 1 unspecified atom stereocenters. The zero-order valence-electron chi connectivity index (χ0n) is 11.5. The lowest BCUT2D eigenvalue weighted by molar-refractivity contribution is 0.548. The third-order valence-electron chi connectivity index (χ3n) is 3.31. The van der Waals surface area contributed by atoms with Gasteiger partial charge in [-0.05, 0) is 54.4 Å². The highest BCUT2D eigenvalue weighted by Crippen LogP contribution is 2.22. The summed E-state index contributed by atoms with van der Waals surface area (Å²) in [7, 11) is 0. The van der Waals surface area contributed by atoms with E-state index in [1.165, 1.54) is 15.3 Å². The van der Waals surface area contributed by atoms with E-state index < -0.39 is 0 Å². The molecule has 0 bridgehead atoms. The minimum Gasteiger partial charge on any atom is -0.314 e. The fraction of sp³-hybridized carbons (Fsp3) is 0.312. The van der Waals surface area contributed by atoms with Gasteiger partial charge in [-0.2, -0.15) is 11.3 Å². The van der Waals surface area contributed by atoms with Crippen LogP contribution in [0, 0.1) is 0 Å². The Morgan fingerprint density at radius 3 is 2.95 bits per heavy atom. The summed E-state index contributed by atoms with van der Waals surface area (Å²) in [4.78, 5) is 4.69. The summed E-state index contributed by atoms with van der Waals surface area (Å²) in [6, 6.07) is 11.0. The van der Waals surface area contributed by atoms with Gasteiger partial charge in [-0.3, -0.25) is 0 Å². The van der Waals surface area contributed by atoms with Gasteiger partial charge in [0.05, 0.1) is 15.2 Å². The van der Waals surface area contributed by atoms with E-state index in [4.69, 9.17) is 4.98 Å². The lowest BCUT2D eigenvalue weighted by Crippen LogP contribution is -2.29. The Hall–Kier alpha value is -1.23. The average molecular weight is 302 g/mol. The summed E-state index contributed by atoms with van der Waals surface area (Å²) in [6.45, 7) is 3.27. The van der Waals surface area contributed by atoms with Crippen molar-refractivity contribution >= 4 is 32.9 Å². The number of thiazole rings is 1. The molecule has 0 saturated heterocycles. The van der Waals surface area contributed by atoms with Gasteiger partial charge in [0.15, 0.2) is 0 Å². The molecule has 20 heavy (non-hydrogen) atoms. The molecule has 0 aliphatic heterocycles. The number of hydrogen-bond donors (Lipinski definition) is 1. The third-order valence-corrected chi connectivity index (χ3v) is 5.10. The molecule has 2 nitrogen and oxygen atoms in total. The smallest absolute Gasteiger partial charge is 0.0954 e. The number of nitrogens with one attached hydrogen (secondary N) is 1. The predicted octanol–water partition coefficient (Wildman–Crippen LogP) is 4.12. The van der Waals surface area contributed by atoms with Gasteiger partial charge in [-0.25, -0.2) is 4.98 Å². The minimum absolute atomic E-state index is 0.467. The van der Waals surface area contributed by atoms with E-state index in [0.717, 1.165) is 24.9 Å². The molecule has 1 atom stereocenters. The highest BCUT2D eigenvalue weighted by molar-refractivity contribution is 7.18. The maximum absolute atomic E-state index is 4.69. The minimum atomic E-state index is 0.467. The van der Waals surface area contributed by atoms with Gasteiger partial charge in [0.2, 0.25) is 0 Å². The second-order valence-corrected chi connectivity index (χ2v) is 6.91. The molecule has 104 valence electrons. The molecular formula is C16H18N2S2. The SMILES string of the molecule is CC(Cc1nc2ccccc2s1)NCCc1ccsc1. The lowest BCUT2D eigenvalue weighted by Gasteiger charge is -2.11. The zero-order valence-corrected chi connectivity index (χ0v) is 13.1. The number of benzene rings is 1. The fourth-order valence-corrected chi connectivity index (χ4v) is 4.04. The van der Waals surface area contributed by atoms with Crippen molar-refractivity contribution in [1.29, 1.82) is 0 Å². The van der Waals surface area contributed by atoms with Crippen molar-refractivity contribution in [3.63, 3.8) is 0 Å². The van der Waals surface area contributed by atoms with E-state index in [1.807, 2.05) is 17.4 Å². The van der Waals surface area contributed by atoms with Crippen LogP contribution in [0.25, 0.3) is 10.2 Å². The fourth-order valence-electron chi connectivity index (χ4n) is 2.24. The van der Waals surface area contributed by atoms with Gasteiger partial charge in [0.25, 0.3) is 0 Å².